The van der Waals surface area contributed by atoms with Crippen LogP contribution < -0.4 is 0 Å². The van der Waals surface area contributed by atoms with Gasteiger partial charge in [-0.2, -0.15) is 0 Å². The van der Waals surface area contributed by atoms with E-state index in [1.807, 2.05) is 25.7 Å². The van der Waals surface area contributed by atoms with Crippen molar-refractivity contribution in [3.63, 3.8) is 0 Å². The van der Waals surface area contributed by atoms with E-state index in [1.54, 1.807) is 14.1 Å². The van der Waals surface area contributed by atoms with E-state index in [4.69, 9.17) is 26.6 Å². The molecule has 5 nitrogen and oxygen atoms in total. The number of rotatable bonds is 0. The minimum absolute atomic E-state index is 0. The van der Waals surface area contributed by atoms with Gasteiger partial charge in [0.05, 0.1) is 0 Å². The summed E-state index contributed by atoms with van der Waals surface area (Å²) in [7, 11) is 8.50. The summed E-state index contributed by atoms with van der Waals surface area (Å²) in [5.41, 5.74) is 0. The first-order chi connectivity index (χ1) is 11.5. The molecular weight excluding hydrogens is 415 g/mol. The summed E-state index contributed by atoms with van der Waals surface area (Å²) in [5, 5.41) is 0. The van der Waals surface area contributed by atoms with E-state index in [1.165, 1.54) is 16.6 Å². The molecule has 8 heteroatoms. The molecule has 0 spiro atoms. The van der Waals surface area contributed by atoms with E-state index in [0.717, 1.165) is 0 Å². The zero-order chi connectivity index (χ0) is 20.4. The van der Waals surface area contributed by atoms with E-state index in [2.05, 4.69) is 66.1 Å². The van der Waals surface area contributed by atoms with Gasteiger partial charge in [-0.05, 0) is 77.3 Å². The number of hydrogen-bond donors (Lipinski definition) is 0. The van der Waals surface area contributed by atoms with Gasteiger partial charge in [-0.25, -0.2) is 0 Å². The average Bonchev–Trinajstić information content (AvgIpc) is 3.29. The zero-order valence-corrected chi connectivity index (χ0v) is 17.4. The number of hydrogen-bond acceptors (Lipinski definition) is 1. The van der Waals surface area contributed by atoms with Crippen molar-refractivity contribution in [2.24, 2.45) is 0 Å². The van der Waals surface area contributed by atoms with Crippen LogP contribution in [-0.4, -0.2) is 26.9 Å². The second-order valence-electron chi connectivity index (χ2n) is 3.89. The summed E-state index contributed by atoms with van der Waals surface area (Å²) in [6.07, 6.45) is 16.5. The Balaban J connectivity index is -0.0000000343. The molecule has 2 fully saturated rings. The molecule has 0 atom stereocenters. The van der Waals surface area contributed by atoms with Crippen molar-refractivity contribution in [3.8, 4) is 0 Å². The van der Waals surface area contributed by atoms with E-state index in [9.17, 15) is 0 Å². The molecule has 0 aromatic carbocycles. The van der Waals surface area contributed by atoms with E-state index in [-0.39, 0.29) is 34.1 Å². The molecule has 26 heavy (non-hydrogen) atoms. The molecule has 0 bridgehead atoms. The zero-order valence-electron chi connectivity index (χ0n) is 15.0. The van der Waals surface area contributed by atoms with Gasteiger partial charge in [0.2, 0.25) is 0 Å². The second-order valence-corrected chi connectivity index (χ2v) is 3.89. The van der Waals surface area contributed by atoms with Crippen LogP contribution in [0.5, 0.6) is 0 Å². The molecule has 2 aliphatic carbocycles. The fourth-order valence-corrected chi connectivity index (χ4v) is 0.940. The Bertz CT molecular complexity index is 245. The van der Waals surface area contributed by atoms with Crippen molar-refractivity contribution >= 4 is 7.98 Å². The van der Waals surface area contributed by atoms with Crippen molar-refractivity contribution in [1.82, 2.24) is 4.81 Å². The van der Waals surface area contributed by atoms with Crippen LogP contribution in [0.25, 0.3) is 0 Å². The molecule has 2 rings (SSSR count). The summed E-state index contributed by atoms with van der Waals surface area (Å²) < 4.78 is 30.0. The predicted octanol–water partition coefficient (Wildman–Crippen LogP) is 2.30. The van der Waals surface area contributed by atoms with Gasteiger partial charge in [-0.15, -0.1) is 0 Å². The van der Waals surface area contributed by atoms with Crippen molar-refractivity contribution in [2.75, 3.05) is 14.1 Å². The minimum Gasteiger partial charge on any atom is 0 e. The van der Waals surface area contributed by atoms with Gasteiger partial charge in [0.1, 0.15) is 0 Å². The molecule has 0 heterocycles. The summed E-state index contributed by atoms with van der Waals surface area (Å²) in [5.74, 6) is 2.69. The largest absolute Gasteiger partial charge is 0 e. The van der Waals surface area contributed by atoms with E-state index in [0.29, 0.717) is 0 Å². The monoisotopic (exact) mass is 435 g/mol. The molecule has 2 aliphatic rings. The van der Waals surface area contributed by atoms with Gasteiger partial charge in [-0.1, -0.05) is 13.8 Å². The topological polar surface area (TPSA) is 82.8 Å². The Morgan fingerprint density at radius 1 is 0.615 bits per heavy atom. The Morgan fingerprint density at radius 3 is 0.769 bits per heavy atom. The fraction of sp³-hybridized carbons (Fsp3) is 0.222. The standard InChI is InChI=1S/2C6H7.C2H6BN.4CO.2Mn/c2*1-6-4-2-3-5-6;1-4(2)3;4*1-2;;/h2*2-5H,1H3;1-2H3;;;;;;. The predicted molar refractivity (Wildman–Crippen MR) is 87.4 cm³/mol. The summed E-state index contributed by atoms with van der Waals surface area (Å²) in [6.45, 7) is 22.2. The quantitative estimate of drug-likeness (QED) is 0.327. The summed E-state index contributed by atoms with van der Waals surface area (Å²) in [6, 6.07) is 0. The number of nitrogens with zero attached hydrogens (tertiary/aromatic N) is 1. The maximum absolute atomic E-state index is 7.50. The van der Waals surface area contributed by atoms with E-state index < -0.39 is 0 Å². The van der Waals surface area contributed by atoms with Gasteiger partial charge in [0, 0.05) is 34.1 Å². The first kappa shape index (κ1) is 45.0. The van der Waals surface area contributed by atoms with Gasteiger partial charge in [-0.3, -0.25) is 0 Å². The van der Waals surface area contributed by atoms with Crippen LogP contribution in [0, 0.1) is 89.8 Å². The molecule has 14 radical (unpaired) electrons. The first-order valence-electron chi connectivity index (χ1n) is 6.12. The average molecular weight is 435 g/mol. The molecule has 0 aromatic heterocycles. The summed E-state index contributed by atoms with van der Waals surface area (Å²) >= 11 is 0. The van der Waals surface area contributed by atoms with Crippen LogP contribution in [-0.2, 0) is 52.7 Å². The molecule has 0 aliphatic heterocycles. The van der Waals surface area contributed by atoms with Crippen LogP contribution in [0.4, 0.5) is 0 Å². The van der Waals surface area contributed by atoms with Crippen LogP contribution in [0.1, 0.15) is 13.8 Å². The van der Waals surface area contributed by atoms with Crippen LogP contribution >= 0.6 is 0 Å². The van der Waals surface area contributed by atoms with Gasteiger partial charge < -0.3 is 4.81 Å². The minimum atomic E-state index is 0. The molecule has 0 N–H and O–H groups in total. The third kappa shape index (κ3) is 64.8. The van der Waals surface area contributed by atoms with Gasteiger partial charge >= 0.3 is 45.2 Å². The van der Waals surface area contributed by atoms with Crippen molar-refractivity contribution in [1.29, 1.82) is 0 Å². The van der Waals surface area contributed by atoms with Crippen LogP contribution in [0.15, 0.2) is 0 Å². The second kappa shape index (κ2) is 49.8. The molecular formula is C18H20BMn2NO4. The van der Waals surface area contributed by atoms with Crippen LogP contribution in [0.2, 0.25) is 0 Å². The van der Waals surface area contributed by atoms with Gasteiger partial charge in [0.15, 0.2) is 7.98 Å². The first-order valence-corrected chi connectivity index (χ1v) is 6.12. The van der Waals surface area contributed by atoms with Crippen molar-refractivity contribution in [3.05, 3.63) is 89.8 Å². The maximum Gasteiger partial charge on any atom is 0 e. The Labute approximate surface area is 183 Å². The maximum atomic E-state index is 7.50. The molecule has 0 aromatic rings. The third-order valence-electron chi connectivity index (χ3n) is 1.66. The third-order valence-corrected chi connectivity index (χ3v) is 1.66. The van der Waals surface area contributed by atoms with Crippen LogP contribution in [0.3, 0.4) is 0 Å². The Hall–Kier alpha value is 0.0239. The summed E-state index contributed by atoms with van der Waals surface area (Å²) in [4.78, 5) is 1.50. The molecule has 2 saturated carbocycles. The fourth-order valence-electron chi connectivity index (χ4n) is 0.940. The van der Waals surface area contributed by atoms with E-state index >= 15 is 0 Å². The Morgan fingerprint density at radius 2 is 0.731 bits per heavy atom. The molecule has 0 saturated heterocycles. The van der Waals surface area contributed by atoms with Crippen molar-refractivity contribution < 1.29 is 52.7 Å². The van der Waals surface area contributed by atoms with Crippen molar-refractivity contribution in [2.45, 2.75) is 13.8 Å². The molecule has 0 unspecified atom stereocenters. The molecule has 138 valence electrons. The Kier molecular flexibility index (Phi) is 86.3. The smallest absolute Gasteiger partial charge is 0 e. The van der Waals surface area contributed by atoms with Gasteiger partial charge in [0.25, 0.3) is 0 Å². The normalized spacial score (nSPS) is 13.4. The molecule has 0 amide bonds. The SMILES string of the molecule is C[C]1[CH][CH][CH][CH]1.C[C]1[CH][CH][CH][CH]1.[B]N(C)C.[C-]#[O+].[C-]#[O+].[C-]#[O+].[C-]#[O+].[Mn].[Mn].